The molecule has 1 amide bonds. The number of amides is 1. The van der Waals surface area contributed by atoms with E-state index >= 15 is 0 Å². The summed E-state index contributed by atoms with van der Waals surface area (Å²) >= 11 is 0. The van der Waals surface area contributed by atoms with Gasteiger partial charge in [0.2, 0.25) is 5.91 Å². The maximum absolute atomic E-state index is 12.8. The zero-order chi connectivity index (χ0) is 17.6. The van der Waals surface area contributed by atoms with Gasteiger partial charge in [-0.25, -0.2) is 9.78 Å². The highest BCUT2D eigenvalue weighted by atomic mass is 16.2. The largest absolute Gasteiger partial charge is 0.341 e. The number of hydrogen-bond donors (Lipinski definition) is 0. The van der Waals surface area contributed by atoms with Gasteiger partial charge in [-0.2, -0.15) is 0 Å². The van der Waals surface area contributed by atoms with Gasteiger partial charge < -0.3 is 9.47 Å². The summed E-state index contributed by atoms with van der Waals surface area (Å²) in [5.41, 5.74) is -0.278. The van der Waals surface area contributed by atoms with Crippen LogP contribution in [0.25, 0.3) is 11.2 Å². The molecule has 8 heteroatoms. The van der Waals surface area contributed by atoms with E-state index in [4.69, 9.17) is 0 Å². The summed E-state index contributed by atoms with van der Waals surface area (Å²) in [6, 6.07) is -0.534. The minimum absolute atomic E-state index is 0.0166. The molecule has 3 heterocycles. The van der Waals surface area contributed by atoms with Crippen molar-refractivity contribution in [3.63, 3.8) is 0 Å². The van der Waals surface area contributed by atoms with E-state index in [1.807, 2.05) is 4.90 Å². The highest BCUT2D eigenvalue weighted by molar-refractivity contribution is 5.82. The number of likely N-dealkylation sites (tertiary alicyclic amines) is 1. The fraction of sp³-hybridized carbons (Fsp3) is 0.625. The summed E-state index contributed by atoms with van der Waals surface area (Å²) in [7, 11) is 3.00. The van der Waals surface area contributed by atoms with Crippen LogP contribution in [-0.4, -0.2) is 42.6 Å². The van der Waals surface area contributed by atoms with E-state index in [1.165, 1.54) is 17.9 Å². The second-order valence-electron chi connectivity index (χ2n) is 6.71. The fourth-order valence-electron chi connectivity index (χ4n) is 3.27. The highest BCUT2D eigenvalue weighted by Crippen LogP contribution is 2.21. The number of rotatable bonds is 2. The molecular weight excluding hydrogens is 310 g/mol. The monoisotopic (exact) mass is 333 g/mol. The molecule has 3 rings (SSSR count). The molecule has 0 radical (unpaired) electrons. The summed E-state index contributed by atoms with van der Waals surface area (Å²) < 4.78 is 3.95. The van der Waals surface area contributed by atoms with Crippen molar-refractivity contribution in [1.29, 1.82) is 0 Å². The predicted octanol–water partition coefficient (Wildman–Crippen LogP) is 0.253. The van der Waals surface area contributed by atoms with Crippen LogP contribution in [0.15, 0.2) is 15.9 Å². The fourth-order valence-corrected chi connectivity index (χ4v) is 3.27. The molecule has 0 bridgehead atoms. The Morgan fingerprint density at radius 2 is 1.83 bits per heavy atom. The average molecular weight is 333 g/mol. The number of carbonyl (C=O) groups is 1. The number of hydrogen-bond acceptors (Lipinski definition) is 4. The molecule has 1 unspecified atom stereocenters. The number of carbonyl (C=O) groups excluding carboxylic acids is 1. The van der Waals surface area contributed by atoms with Gasteiger partial charge in [0.15, 0.2) is 11.2 Å². The molecule has 1 atom stereocenters. The van der Waals surface area contributed by atoms with Crippen LogP contribution in [0.2, 0.25) is 0 Å². The van der Waals surface area contributed by atoms with Gasteiger partial charge >= 0.3 is 5.69 Å². The van der Waals surface area contributed by atoms with Gasteiger partial charge in [-0.1, -0.05) is 6.92 Å². The molecule has 0 spiro atoms. The number of nitrogens with zero attached hydrogens (tertiary/aromatic N) is 5. The Kier molecular flexibility index (Phi) is 4.06. The standard InChI is InChI=1S/C16H23N5O3/c1-10-5-7-20(8-6-10)14(22)11(2)21-9-17-13-12(21)15(23)19(4)16(24)18(13)3/h9-11H,5-8H2,1-4H3. The Balaban J connectivity index is 2.02. The van der Waals surface area contributed by atoms with Crippen molar-refractivity contribution >= 4 is 17.1 Å². The Labute approximate surface area is 139 Å². The van der Waals surface area contributed by atoms with Gasteiger partial charge in [0.25, 0.3) is 5.56 Å². The summed E-state index contributed by atoms with van der Waals surface area (Å²) in [5.74, 6) is 0.623. The molecule has 0 aliphatic carbocycles. The van der Waals surface area contributed by atoms with Gasteiger partial charge in [-0.3, -0.25) is 18.7 Å². The second-order valence-corrected chi connectivity index (χ2v) is 6.71. The first-order valence-corrected chi connectivity index (χ1v) is 8.24. The number of fused-ring (bicyclic) bond motifs is 1. The molecule has 1 aliphatic heterocycles. The van der Waals surface area contributed by atoms with Crippen molar-refractivity contribution in [1.82, 2.24) is 23.6 Å². The lowest BCUT2D eigenvalue weighted by Gasteiger charge is -2.32. The van der Waals surface area contributed by atoms with Crippen LogP contribution in [-0.2, 0) is 18.9 Å². The van der Waals surface area contributed by atoms with E-state index in [0.717, 1.165) is 30.5 Å². The average Bonchev–Trinajstić information content (AvgIpc) is 3.02. The van der Waals surface area contributed by atoms with Crippen molar-refractivity contribution in [2.24, 2.45) is 20.0 Å². The Bertz CT molecular complexity index is 899. The van der Waals surface area contributed by atoms with Crippen molar-refractivity contribution in [3.05, 3.63) is 27.2 Å². The molecule has 0 N–H and O–H groups in total. The minimum atomic E-state index is -0.534. The quantitative estimate of drug-likeness (QED) is 0.789. The zero-order valence-electron chi connectivity index (χ0n) is 14.5. The first kappa shape index (κ1) is 16.5. The van der Waals surface area contributed by atoms with E-state index in [-0.39, 0.29) is 11.4 Å². The van der Waals surface area contributed by atoms with Crippen molar-refractivity contribution in [2.45, 2.75) is 32.7 Å². The molecule has 8 nitrogen and oxygen atoms in total. The van der Waals surface area contributed by atoms with Gasteiger partial charge in [0, 0.05) is 27.2 Å². The van der Waals surface area contributed by atoms with Gasteiger partial charge in [0.1, 0.15) is 6.04 Å². The molecule has 1 aliphatic rings. The predicted molar refractivity (Wildman–Crippen MR) is 89.9 cm³/mol. The van der Waals surface area contributed by atoms with Crippen LogP contribution in [0.1, 0.15) is 32.7 Å². The third-order valence-corrected chi connectivity index (χ3v) is 5.04. The van der Waals surface area contributed by atoms with E-state index in [2.05, 4.69) is 11.9 Å². The van der Waals surface area contributed by atoms with Crippen molar-refractivity contribution in [3.8, 4) is 0 Å². The molecule has 0 saturated carbocycles. The molecule has 1 saturated heterocycles. The van der Waals surface area contributed by atoms with E-state index in [0.29, 0.717) is 11.6 Å². The summed E-state index contributed by atoms with van der Waals surface area (Å²) in [6.07, 6.45) is 3.47. The highest BCUT2D eigenvalue weighted by Gasteiger charge is 2.27. The summed E-state index contributed by atoms with van der Waals surface area (Å²) in [5, 5.41) is 0. The van der Waals surface area contributed by atoms with Crippen LogP contribution >= 0.6 is 0 Å². The van der Waals surface area contributed by atoms with Crippen LogP contribution in [0, 0.1) is 5.92 Å². The number of aromatic nitrogens is 4. The van der Waals surface area contributed by atoms with Crippen molar-refractivity contribution < 1.29 is 4.79 Å². The molecule has 2 aromatic heterocycles. The maximum atomic E-state index is 12.8. The normalized spacial score (nSPS) is 17.4. The van der Waals surface area contributed by atoms with Crippen LogP contribution < -0.4 is 11.2 Å². The molecule has 24 heavy (non-hydrogen) atoms. The minimum Gasteiger partial charge on any atom is -0.341 e. The van der Waals surface area contributed by atoms with E-state index in [1.54, 1.807) is 18.5 Å². The lowest BCUT2D eigenvalue weighted by Crippen LogP contribution is -2.42. The zero-order valence-corrected chi connectivity index (χ0v) is 14.5. The van der Waals surface area contributed by atoms with Gasteiger partial charge in [0.05, 0.1) is 6.33 Å². The second kappa shape index (κ2) is 5.92. The summed E-state index contributed by atoms with van der Waals surface area (Å²) in [4.78, 5) is 43.3. The Hall–Kier alpha value is -2.38. The molecule has 2 aromatic rings. The van der Waals surface area contributed by atoms with Crippen LogP contribution in [0.3, 0.4) is 0 Å². The topological polar surface area (TPSA) is 82.1 Å². The molecular formula is C16H23N5O3. The SMILES string of the molecule is CC1CCN(C(=O)C(C)n2cnc3c2c(=O)n(C)c(=O)n3C)CC1. The smallest absolute Gasteiger partial charge is 0.332 e. The lowest BCUT2D eigenvalue weighted by atomic mass is 9.99. The van der Waals surface area contributed by atoms with Crippen LogP contribution in [0.4, 0.5) is 0 Å². The van der Waals surface area contributed by atoms with Crippen LogP contribution in [0.5, 0.6) is 0 Å². The number of aryl methyl sites for hydroxylation is 1. The summed E-state index contributed by atoms with van der Waals surface area (Å²) in [6.45, 7) is 5.45. The molecule has 0 aromatic carbocycles. The molecule has 1 fully saturated rings. The number of imidazole rings is 1. The van der Waals surface area contributed by atoms with Crippen molar-refractivity contribution in [2.75, 3.05) is 13.1 Å². The third kappa shape index (κ3) is 2.46. The Morgan fingerprint density at radius 1 is 1.21 bits per heavy atom. The Morgan fingerprint density at radius 3 is 2.46 bits per heavy atom. The first-order valence-electron chi connectivity index (χ1n) is 8.24. The number of piperidine rings is 1. The van der Waals surface area contributed by atoms with E-state index < -0.39 is 17.3 Å². The van der Waals surface area contributed by atoms with E-state index in [9.17, 15) is 14.4 Å². The third-order valence-electron chi connectivity index (χ3n) is 5.04. The maximum Gasteiger partial charge on any atom is 0.332 e. The first-order chi connectivity index (χ1) is 11.3. The van der Waals surface area contributed by atoms with Gasteiger partial charge in [-0.15, -0.1) is 0 Å². The molecule has 130 valence electrons. The lowest BCUT2D eigenvalue weighted by molar-refractivity contribution is -0.135. The van der Waals surface area contributed by atoms with Gasteiger partial charge in [-0.05, 0) is 25.7 Å².